The van der Waals surface area contributed by atoms with E-state index in [4.69, 9.17) is 0 Å². The van der Waals surface area contributed by atoms with Crippen LogP contribution in [0.5, 0.6) is 0 Å². The first-order valence-electron chi connectivity index (χ1n) is 8.10. The Kier molecular flexibility index (Phi) is 4.47. The fourth-order valence-electron chi connectivity index (χ4n) is 2.79. The first kappa shape index (κ1) is 18.6. The summed E-state index contributed by atoms with van der Waals surface area (Å²) < 4.78 is 40.4. The summed E-state index contributed by atoms with van der Waals surface area (Å²) in [5.74, 6) is -0.314. The zero-order chi connectivity index (χ0) is 20.1. The van der Waals surface area contributed by atoms with E-state index in [1.54, 1.807) is 22.2 Å². The van der Waals surface area contributed by atoms with Crippen LogP contribution >= 0.6 is 22.7 Å². The summed E-state index contributed by atoms with van der Waals surface area (Å²) in [6.45, 7) is 1.87. The van der Waals surface area contributed by atoms with Crippen molar-refractivity contribution in [3.8, 4) is 11.3 Å². The lowest BCUT2D eigenvalue weighted by atomic mass is 10.1. The SMILES string of the molecule is Cc1nn(C)c2sc(C(=O)Nc3nc(-c4cccc(C(F)(F)F)c4)cs3)cc12. The van der Waals surface area contributed by atoms with Gasteiger partial charge in [0.15, 0.2) is 5.13 Å². The zero-order valence-corrected chi connectivity index (χ0v) is 16.3. The molecule has 0 saturated heterocycles. The van der Waals surface area contributed by atoms with Crippen molar-refractivity contribution in [3.63, 3.8) is 0 Å². The Morgan fingerprint density at radius 1 is 1.25 bits per heavy atom. The summed E-state index contributed by atoms with van der Waals surface area (Å²) in [7, 11) is 1.82. The molecule has 0 unspecified atom stereocenters. The number of carbonyl (C=O) groups is 1. The number of aromatic nitrogens is 3. The van der Waals surface area contributed by atoms with Crippen LogP contribution in [0, 0.1) is 6.92 Å². The van der Waals surface area contributed by atoms with Crippen LogP contribution in [-0.2, 0) is 13.2 Å². The third-order valence-corrected chi connectivity index (χ3v) is 6.09. The van der Waals surface area contributed by atoms with Crippen LogP contribution in [-0.4, -0.2) is 20.7 Å². The van der Waals surface area contributed by atoms with Gasteiger partial charge in [0.2, 0.25) is 0 Å². The Labute approximate surface area is 165 Å². The van der Waals surface area contributed by atoms with Crippen molar-refractivity contribution in [2.75, 3.05) is 5.32 Å². The topological polar surface area (TPSA) is 59.8 Å². The van der Waals surface area contributed by atoms with Gasteiger partial charge in [0.25, 0.3) is 5.91 Å². The van der Waals surface area contributed by atoms with Crippen molar-refractivity contribution in [2.45, 2.75) is 13.1 Å². The summed E-state index contributed by atoms with van der Waals surface area (Å²) in [6.07, 6.45) is -4.42. The Hall–Kier alpha value is -2.72. The van der Waals surface area contributed by atoms with Crippen molar-refractivity contribution >= 4 is 43.9 Å². The molecule has 4 aromatic rings. The number of rotatable bonds is 3. The van der Waals surface area contributed by atoms with Gasteiger partial charge in [0.1, 0.15) is 4.83 Å². The van der Waals surface area contributed by atoms with E-state index in [0.717, 1.165) is 39.4 Å². The van der Waals surface area contributed by atoms with Gasteiger partial charge in [-0.1, -0.05) is 12.1 Å². The minimum atomic E-state index is -4.42. The number of hydrogen-bond donors (Lipinski definition) is 1. The van der Waals surface area contributed by atoms with E-state index >= 15 is 0 Å². The standard InChI is InChI=1S/C18H13F3N4OS2/c1-9-12-7-14(28-16(12)25(2)24-9)15(26)23-17-22-13(8-27-17)10-4-3-5-11(6-10)18(19,20)21/h3-8H,1-2H3,(H,22,23,26). The molecule has 0 aliphatic carbocycles. The number of thiophene rings is 1. The molecule has 0 aliphatic rings. The lowest BCUT2D eigenvalue weighted by molar-refractivity contribution is -0.137. The summed E-state index contributed by atoms with van der Waals surface area (Å²) in [5.41, 5.74) is 0.824. The average molecular weight is 422 g/mol. The molecular formula is C18H13F3N4OS2. The molecule has 5 nitrogen and oxygen atoms in total. The number of alkyl halides is 3. The minimum Gasteiger partial charge on any atom is -0.297 e. The minimum absolute atomic E-state index is 0.314. The molecule has 1 N–H and O–H groups in total. The van der Waals surface area contributed by atoms with E-state index in [2.05, 4.69) is 15.4 Å². The maximum Gasteiger partial charge on any atom is 0.416 e. The Bertz CT molecular complexity index is 1150. The van der Waals surface area contributed by atoms with Crippen LogP contribution in [0.1, 0.15) is 20.9 Å². The molecule has 0 aliphatic heterocycles. The number of halogens is 3. The smallest absolute Gasteiger partial charge is 0.297 e. The van der Waals surface area contributed by atoms with Crippen molar-refractivity contribution in [1.29, 1.82) is 0 Å². The summed E-state index contributed by atoms with van der Waals surface area (Å²) in [6, 6.07) is 6.72. The number of thiazole rings is 1. The highest BCUT2D eigenvalue weighted by Crippen LogP contribution is 2.33. The van der Waals surface area contributed by atoms with Crippen molar-refractivity contribution in [1.82, 2.24) is 14.8 Å². The van der Waals surface area contributed by atoms with Crippen LogP contribution in [0.25, 0.3) is 21.5 Å². The number of hydrogen-bond acceptors (Lipinski definition) is 5. The van der Waals surface area contributed by atoms with Crippen LogP contribution in [0.4, 0.5) is 18.3 Å². The molecule has 3 aromatic heterocycles. The lowest BCUT2D eigenvalue weighted by Gasteiger charge is -2.07. The Morgan fingerprint density at radius 2 is 2.04 bits per heavy atom. The second kappa shape index (κ2) is 6.71. The van der Waals surface area contributed by atoms with Crippen LogP contribution < -0.4 is 5.32 Å². The highest BCUT2D eigenvalue weighted by atomic mass is 32.1. The predicted octanol–water partition coefficient (Wildman–Crippen LogP) is 5.34. The van der Waals surface area contributed by atoms with E-state index < -0.39 is 11.7 Å². The molecule has 1 aromatic carbocycles. The average Bonchev–Trinajstić information content (AvgIpc) is 3.33. The van der Waals surface area contributed by atoms with Crippen LogP contribution in [0.15, 0.2) is 35.7 Å². The Morgan fingerprint density at radius 3 is 2.75 bits per heavy atom. The molecule has 0 fully saturated rings. The maximum atomic E-state index is 12.9. The molecule has 0 radical (unpaired) electrons. The molecule has 1 amide bonds. The zero-order valence-electron chi connectivity index (χ0n) is 14.7. The van der Waals surface area contributed by atoms with E-state index in [1.807, 2.05) is 14.0 Å². The quantitative estimate of drug-likeness (QED) is 0.485. The van der Waals surface area contributed by atoms with E-state index in [1.165, 1.54) is 17.4 Å². The molecule has 3 heterocycles. The normalized spacial score (nSPS) is 11.9. The fraction of sp³-hybridized carbons (Fsp3) is 0.167. The number of nitrogens with zero attached hydrogens (tertiary/aromatic N) is 3. The highest BCUT2D eigenvalue weighted by molar-refractivity contribution is 7.20. The fourth-order valence-corrected chi connectivity index (χ4v) is 4.53. The Balaban J connectivity index is 1.56. The number of benzene rings is 1. The molecule has 4 rings (SSSR count). The number of carbonyl (C=O) groups excluding carboxylic acids is 1. The molecular weight excluding hydrogens is 409 g/mol. The molecule has 0 bridgehead atoms. The maximum absolute atomic E-state index is 12.9. The number of amides is 1. The van der Waals surface area contributed by atoms with Crippen molar-refractivity contribution in [3.05, 3.63) is 51.8 Å². The van der Waals surface area contributed by atoms with Gasteiger partial charge < -0.3 is 0 Å². The number of aryl methyl sites for hydroxylation is 2. The lowest BCUT2D eigenvalue weighted by Crippen LogP contribution is -2.09. The van der Waals surface area contributed by atoms with Crippen molar-refractivity contribution < 1.29 is 18.0 Å². The first-order valence-corrected chi connectivity index (χ1v) is 9.79. The van der Waals surface area contributed by atoms with Gasteiger partial charge in [0.05, 0.1) is 21.8 Å². The number of nitrogens with one attached hydrogen (secondary N) is 1. The van der Waals surface area contributed by atoms with Gasteiger partial charge in [-0.25, -0.2) is 4.98 Å². The van der Waals surface area contributed by atoms with E-state index in [0.29, 0.717) is 21.3 Å². The molecule has 10 heteroatoms. The van der Waals surface area contributed by atoms with E-state index in [9.17, 15) is 18.0 Å². The van der Waals surface area contributed by atoms with E-state index in [-0.39, 0.29) is 5.91 Å². The summed E-state index contributed by atoms with van der Waals surface area (Å²) in [4.78, 5) is 18.2. The van der Waals surface area contributed by atoms with Gasteiger partial charge in [-0.15, -0.1) is 22.7 Å². The summed E-state index contributed by atoms with van der Waals surface area (Å²) >= 11 is 2.48. The number of fused-ring (bicyclic) bond motifs is 1. The molecule has 28 heavy (non-hydrogen) atoms. The van der Waals surface area contributed by atoms with Gasteiger partial charge >= 0.3 is 6.18 Å². The van der Waals surface area contributed by atoms with Gasteiger partial charge in [0, 0.05) is 23.4 Å². The van der Waals surface area contributed by atoms with Crippen molar-refractivity contribution in [2.24, 2.45) is 7.05 Å². The predicted molar refractivity (Wildman–Crippen MR) is 104 cm³/mol. The third-order valence-electron chi connectivity index (χ3n) is 4.13. The number of anilines is 1. The largest absolute Gasteiger partial charge is 0.416 e. The first-order chi connectivity index (χ1) is 13.2. The molecule has 144 valence electrons. The van der Waals surface area contributed by atoms with Crippen LogP contribution in [0.3, 0.4) is 0 Å². The molecule has 0 spiro atoms. The summed E-state index contributed by atoms with van der Waals surface area (Å²) in [5, 5.41) is 9.87. The van der Waals surface area contributed by atoms with Crippen LogP contribution in [0.2, 0.25) is 0 Å². The second-order valence-corrected chi connectivity index (χ2v) is 8.00. The van der Waals surface area contributed by atoms with Gasteiger partial charge in [-0.05, 0) is 25.1 Å². The second-order valence-electron chi connectivity index (χ2n) is 6.11. The molecule has 0 saturated carbocycles. The molecule has 0 atom stereocenters. The third kappa shape index (κ3) is 3.40. The van der Waals surface area contributed by atoms with Gasteiger partial charge in [-0.2, -0.15) is 18.3 Å². The highest BCUT2D eigenvalue weighted by Gasteiger charge is 2.30. The van der Waals surface area contributed by atoms with Gasteiger partial charge in [-0.3, -0.25) is 14.8 Å². The monoisotopic (exact) mass is 422 g/mol.